The molecule has 0 aliphatic rings. The second-order valence-corrected chi connectivity index (χ2v) is 4.23. The molecule has 0 N–H and O–H groups in total. The molecule has 60 valence electrons. The van der Waals surface area contributed by atoms with Crippen LogP contribution in [0, 0.1) is 0 Å². The van der Waals surface area contributed by atoms with Crippen molar-refractivity contribution in [1.29, 1.82) is 0 Å². The summed E-state index contributed by atoms with van der Waals surface area (Å²) in [6, 6.07) is 0.0487. The summed E-state index contributed by atoms with van der Waals surface area (Å²) in [5.41, 5.74) is 0.0706. The van der Waals surface area contributed by atoms with Crippen LogP contribution >= 0.6 is 15.9 Å². The molecule has 0 fully saturated rings. The first-order valence-corrected chi connectivity index (χ1v) is 4.23. The number of rotatable bonds is 0. The van der Waals surface area contributed by atoms with Crippen LogP contribution in [0.3, 0.4) is 0 Å². The van der Waals surface area contributed by atoms with Crippen LogP contribution in [-0.2, 0) is 5.41 Å². The van der Waals surface area contributed by atoms with Crippen molar-refractivity contribution in [3.8, 4) is 0 Å². The molecule has 0 amide bonds. The number of halogens is 1. The molecule has 0 saturated heterocycles. The highest BCUT2D eigenvalue weighted by Gasteiger charge is 2.12. The van der Waals surface area contributed by atoms with Gasteiger partial charge < -0.3 is 0 Å². The predicted molar refractivity (Wildman–Crippen MR) is 52.8 cm³/mol. The minimum atomic E-state index is -0.388. The van der Waals surface area contributed by atoms with Gasteiger partial charge in [0.1, 0.15) is 0 Å². The van der Waals surface area contributed by atoms with E-state index in [9.17, 15) is 0 Å². The molecule has 0 radical (unpaired) electrons. The fourth-order valence-corrected chi connectivity index (χ4v) is 0.870. The predicted octanol–water partition coefficient (Wildman–Crippen LogP) is 3.75. The van der Waals surface area contributed by atoms with Gasteiger partial charge in [0.25, 0.3) is 0 Å². The Labute approximate surface area is 82.4 Å². The van der Waals surface area contributed by atoms with E-state index in [1.165, 1.54) is 0 Å². The first-order chi connectivity index (χ1) is 6.68. The fourth-order valence-electron chi connectivity index (χ4n) is 0.672. The Morgan fingerprint density at radius 1 is 1.18 bits per heavy atom. The Kier molecular flexibility index (Phi) is 1.26. The molecule has 0 aliphatic carbocycles. The summed E-state index contributed by atoms with van der Waals surface area (Å²) < 4.78 is 31.2. The van der Waals surface area contributed by atoms with Crippen molar-refractivity contribution in [2.24, 2.45) is 0 Å². The highest BCUT2D eigenvalue weighted by atomic mass is 79.9. The van der Waals surface area contributed by atoms with Crippen molar-refractivity contribution in [1.82, 2.24) is 0 Å². The third-order valence-electron chi connectivity index (χ3n) is 1.34. The van der Waals surface area contributed by atoms with Crippen molar-refractivity contribution in [3.05, 3.63) is 34.2 Å². The quantitative estimate of drug-likeness (QED) is 0.620. The number of hydrogen-bond donors (Lipinski definition) is 0. The summed E-state index contributed by atoms with van der Waals surface area (Å²) in [7, 11) is 0. The Hall–Kier alpha value is -0.300. The van der Waals surface area contributed by atoms with E-state index in [1.54, 1.807) is 0 Å². The van der Waals surface area contributed by atoms with Crippen LogP contribution in [0.25, 0.3) is 0 Å². The second kappa shape index (κ2) is 2.98. The molecule has 1 heteroatoms. The van der Waals surface area contributed by atoms with Gasteiger partial charge in [-0.25, -0.2) is 0 Å². The molecule has 1 aromatic carbocycles. The fraction of sp³-hybridized carbons (Fsp3) is 0.400. The zero-order valence-electron chi connectivity index (χ0n) is 10.9. The first-order valence-electron chi connectivity index (χ1n) is 5.44. The molecule has 0 atom stereocenters. The lowest BCUT2D eigenvalue weighted by Crippen LogP contribution is -2.10. The third-order valence-corrected chi connectivity index (χ3v) is 1.74. The van der Waals surface area contributed by atoms with Gasteiger partial charge in [0.05, 0.1) is 5.48 Å². The van der Waals surface area contributed by atoms with Crippen LogP contribution < -0.4 is 0 Å². The molecule has 0 heterocycles. The lowest BCUT2D eigenvalue weighted by atomic mass is 9.87. The topological polar surface area (TPSA) is 0 Å². The van der Waals surface area contributed by atoms with Crippen LogP contribution in [0.4, 0.5) is 0 Å². The van der Waals surface area contributed by atoms with Crippen LogP contribution in [0.15, 0.2) is 28.6 Å². The molecular weight excluding hydrogens is 200 g/mol. The largest absolute Gasteiger partial charge is 0.0635 e. The van der Waals surface area contributed by atoms with Crippen LogP contribution in [0.1, 0.15) is 31.8 Å². The monoisotopic (exact) mass is 216 g/mol. The highest BCUT2D eigenvalue weighted by Crippen LogP contribution is 2.23. The summed E-state index contributed by atoms with van der Waals surface area (Å²) in [5.74, 6) is 0. The van der Waals surface area contributed by atoms with Gasteiger partial charge in [-0.2, -0.15) is 0 Å². The van der Waals surface area contributed by atoms with Gasteiger partial charge in [-0.3, -0.25) is 0 Å². The van der Waals surface area contributed by atoms with Gasteiger partial charge in [-0.1, -0.05) is 48.8 Å². The summed E-state index contributed by atoms with van der Waals surface area (Å²) in [6.07, 6.45) is 0. The van der Waals surface area contributed by atoms with Gasteiger partial charge in [0.2, 0.25) is 0 Å². The first kappa shape index (κ1) is 4.66. The summed E-state index contributed by atoms with van der Waals surface area (Å²) >= 11 is 3.07. The van der Waals surface area contributed by atoms with Gasteiger partial charge in [0.15, 0.2) is 0 Å². The molecule has 0 bridgehead atoms. The van der Waals surface area contributed by atoms with Crippen LogP contribution in [-0.4, -0.2) is 0 Å². The summed E-state index contributed by atoms with van der Waals surface area (Å²) in [6.45, 7) is 5.64. The van der Waals surface area contributed by atoms with Crippen LogP contribution in [0.5, 0.6) is 0 Å². The zero-order chi connectivity index (χ0) is 12.0. The van der Waals surface area contributed by atoms with Crippen molar-refractivity contribution in [3.63, 3.8) is 0 Å². The van der Waals surface area contributed by atoms with E-state index < -0.39 is 0 Å². The lowest BCUT2D eigenvalue weighted by molar-refractivity contribution is 0.590. The molecule has 0 unspecified atom stereocenters. The van der Waals surface area contributed by atoms with E-state index in [2.05, 4.69) is 15.9 Å². The van der Waals surface area contributed by atoms with Gasteiger partial charge in [-0.05, 0) is 23.1 Å². The molecule has 0 aromatic heterocycles. The Bertz CT molecular complexity index is 378. The maximum Gasteiger partial charge on any atom is 0.0635 e. The van der Waals surface area contributed by atoms with Crippen molar-refractivity contribution in [2.45, 2.75) is 26.2 Å². The van der Waals surface area contributed by atoms with E-state index in [1.807, 2.05) is 20.8 Å². The zero-order valence-corrected chi connectivity index (χ0v) is 8.46. The molecule has 1 rings (SSSR count). The summed E-state index contributed by atoms with van der Waals surface area (Å²) in [4.78, 5) is 0. The number of benzene rings is 1. The van der Waals surface area contributed by atoms with Gasteiger partial charge in [-0.15, -0.1) is 0 Å². The average Bonchev–Trinajstić information content (AvgIpc) is 2.09. The lowest BCUT2D eigenvalue weighted by Gasteiger charge is -2.18. The van der Waals surface area contributed by atoms with E-state index in [-0.39, 0.29) is 34.1 Å². The standard InChI is InChI=1S/C10H13Br/c1-10(2,3)8-4-6-9(11)7-5-8/h4-7H,1-3H3/i4D,5D,6D,7D. The number of hydrogen-bond acceptors (Lipinski definition) is 0. The van der Waals surface area contributed by atoms with Crippen molar-refractivity contribution < 1.29 is 5.48 Å². The normalized spacial score (nSPS) is 16.7. The van der Waals surface area contributed by atoms with E-state index >= 15 is 0 Å². The maximum absolute atomic E-state index is 7.81. The SMILES string of the molecule is [2H]c1c([2H])c(C(C)(C)C)c([2H])c([2H])c1Br. The van der Waals surface area contributed by atoms with E-state index in [0.29, 0.717) is 5.56 Å². The smallest absolute Gasteiger partial charge is 0.0574 e. The Morgan fingerprint density at radius 3 is 2.00 bits per heavy atom. The minimum absolute atomic E-state index is 0.0130. The maximum atomic E-state index is 7.81. The van der Waals surface area contributed by atoms with Gasteiger partial charge >= 0.3 is 0 Å². The van der Waals surface area contributed by atoms with Crippen molar-refractivity contribution in [2.75, 3.05) is 0 Å². The molecule has 0 spiro atoms. The minimum Gasteiger partial charge on any atom is -0.0574 e. The molecule has 11 heavy (non-hydrogen) atoms. The van der Waals surface area contributed by atoms with Gasteiger partial charge in [0, 0.05) is 4.47 Å². The Balaban J connectivity index is 3.68. The van der Waals surface area contributed by atoms with Crippen LogP contribution in [0.2, 0.25) is 0 Å². The molecule has 0 aliphatic heterocycles. The molecular formula is C10H13Br. The van der Waals surface area contributed by atoms with E-state index in [4.69, 9.17) is 5.48 Å². The highest BCUT2D eigenvalue weighted by molar-refractivity contribution is 9.10. The molecule has 0 nitrogen and oxygen atoms in total. The van der Waals surface area contributed by atoms with Crippen molar-refractivity contribution >= 4 is 15.9 Å². The molecule has 1 aromatic rings. The third kappa shape index (κ3) is 2.33. The van der Waals surface area contributed by atoms with E-state index in [0.717, 1.165) is 0 Å². The average molecular weight is 217 g/mol. The summed E-state index contributed by atoms with van der Waals surface area (Å²) in [5, 5.41) is 0. The Morgan fingerprint density at radius 2 is 1.64 bits per heavy atom. The second-order valence-electron chi connectivity index (χ2n) is 3.44. The molecule has 0 saturated carbocycles.